The Morgan fingerprint density at radius 3 is 2.65 bits per heavy atom. The average Bonchev–Trinajstić information content (AvgIpc) is 2.60. The van der Waals surface area contributed by atoms with E-state index in [1.54, 1.807) is 6.07 Å². The highest BCUT2D eigenvalue weighted by Gasteiger charge is 2.34. The molecule has 1 heterocycles. The van der Waals surface area contributed by atoms with Crippen LogP contribution in [-0.4, -0.2) is 27.5 Å². The molecule has 1 atom stereocenters. The maximum atomic E-state index is 13.4. The van der Waals surface area contributed by atoms with Gasteiger partial charge in [-0.15, -0.1) is 0 Å². The molecular weight excluding hydrogens is 352 g/mol. The number of carbonyl (C=O) groups is 1. The third kappa shape index (κ3) is 3.26. The number of nitrogens with zero attached hydrogens (tertiary/aromatic N) is 1. The first kappa shape index (κ1) is 18.3. The maximum Gasteiger partial charge on any atom is 0.264 e. The van der Waals surface area contributed by atoms with Crippen molar-refractivity contribution in [2.45, 2.75) is 37.6 Å². The lowest BCUT2D eigenvalue weighted by Gasteiger charge is -2.36. The van der Waals surface area contributed by atoms with E-state index in [0.29, 0.717) is 17.1 Å². The van der Waals surface area contributed by atoms with Crippen molar-refractivity contribution >= 4 is 27.3 Å². The number of anilines is 2. The lowest BCUT2D eigenvalue weighted by molar-refractivity contribution is -0.114. The molecule has 7 heteroatoms. The van der Waals surface area contributed by atoms with Crippen LogP contribution in [-0.2, 0) is 21.2 Å². The summed E-state index contributed by atoms with van der Waals surface area (Å²) in [5.41, 5.74) is 2.06. The van der Waals surface area contributed by atoms with Gasteiger partial charge in [0.2, 0.25) is 5.91 Å². The van der Waals surface area contributed by atoms with E-state index in [0.717, 1.165) is 18.4 Å². The molecule has 1 amide bonds. The second-order valence-electron chi connectivity index (χ2n) is 6.36. The van der Waals surface area contributed by atoms with E-state index in [2.05, 4.69) is 5.32 Å². The van der Waals surface area contributed by atoms with Crippen LogP contribution in [0.15, 0.2) is 47.4 Å². The summed E-state index contributed by atoms with van der Waals surface area (Å²) in [5.74, 6) is 0.112. The molecule has 0 bridgehead atoms. The van der Waals surface area contributed by atoms with Gasteiger partial charge in [0, 0.05) is 13.0 Å². The molecule has 0 spiro atoms. The Balaban J connectivity index is 2.10. The number of nitrogens with one attached hydrogen (secondary N) is 1. The smallest absolute Gasteiger partial charge is 0.264 e. The van der Waals surface area contributed by atoms with Gasteiger partial charge in [0.1, 0.15) is 5.75 Å². The maximum absolute atomic E-state index is 13.4. The number of methoxy groups -OCH3 is 1. The van der Waals surface area contributed by atoms with E-state index in [9.17, 15) is 13.2 Å². The average molecular weight is 374 g/mol. The second kappa shape index (κ2) is 6.99. The number of sulfonamides is 1. The van der Waals surface area contributed by atoms with Crippen molar-refractivity contribution in [3.05, 3.63) is 48.0 Å². The van der Waals surface area contributed by atoms with Crippen molar-refractivity contribution < 1.29 is 17.9 Å². The molecule has 0 unspecified atom stereocenters. The molecule has 0 aromatic heterocycles. The molecule has 0 aliphatic carbocycles. The predicted molar refractivity (Wildman–Crippen MR) is 101 cm³/mol. The molecule has 3 rings (SSSR count). The first-order valence-corrected chi connectivity index (χ1v) is 9.86. The lowest BCUT2D eigenvalue weighted by atomic mass is 9.99. The Hall–Kier alpha value is -2.54. The summed E-state index contributed by atoms with van der Waals surface area (Å²) >= 11 is 0. The highest BCUT2D eigenvalue weighted by molar-refractivity contribution is 7.92. The molecule has 0 saturated heterocycles. The fraction of sp³-hybridized carbons (Fsp3) is 0.316. The fourth-order valence-corrected chi connectivity index (χ4v) is 5.02. The van der Waals surface area contributed by atoms with E-state index in [-0.39, 0.29) is 16.8 Å². The summed E-state index contributed by atoms with van der Waals surface area (Å²) in [7, 11) is -2.31. The number of carbonyl (C=O) groups excluding carboxylic acids is 1. The number of hydrogen-bond donors (Lipinski definition) is 1. The van der Waals surface area contributed by atoms with Crippen molar-refractivity contribution in [3.63, 3.8) is 0 Å². The van der Waals surface area contributed by atoms with Crippen LogP contribution in [0.4, 0.5) is 11.4 Å². The first-order valence-electron chi connectivity index (χ1n) is 8.42. The molecule has 138 valence electrons. The van der Waals surface area contributed by atoms with E-state index in [1.165, 1.54) is 30.5 Å². The van der Waals surface area contributed by atoms with Gasteiger partial charge in [-0.25, -0.2) is 8.42 Å². The SMILES string of the molecule is COc1ccc(S(=O)(=O)N2c3ccccc3CC[C@H]2C)cc1NC(C)=O. The zero-order valence-electron chi connectivity index (χ0n) is 15.0. The molecule has 1 aliphatic heterocycles. The minimum atomic E-state index is -3.78. The standard InChI is InChI=1S/C19H22N2O4S/c1-13-8-9-15-6-4-5-7-18(15)21(13)26(23,24)16-10-11-19(25-3)17(12-16)20-14(2)22/h4-7,10-13H,8-9H2,1-3H3,(H,20,22)/t13-/m1/s1. The molecule has 26 heavy (non-hydrogen) atoms. The van der Waals surface area contributed by atoms with Crippen LogP contribution in [0.1, 0.15) is 25.8 Å². The largest absolute Gasteiger partial charge is 0.495 e. The summed E-state index contributed by atoms with van der Waals surface area (Å²) < 4.78 is 33.4. The number of ether oxygens (including phenoxy) is 1. The summed E-state index contributed by atoms with van der Waals surface area (Å²) in [6, 6.07) is 11.9. The molecule has 6 nitrogen and oxygen atoms in total. The summed E-state index contributed by atoms with van der Waals surface area (Å²) in [6.07, 6.45) is 1.61. The number of amides is 1. The van der Waals surface area contributed by atoms with Gasteiger partial charge in [0.15, 0.2) is 0 Å². The quantitative estimate of drug-likeness (QED) is 0.892. The Labute approximate surface area is 153 Å². The van der Waals surface area contributed by atoms with Gasteiger partial charge in [-0.1, -0.05) is 18.2 Å². The molecule has 0 fully saturated rings. The monoisotopic (exact) mass is 374 g/mol. The van der Waals surface area contributed by atoms with E-state index < -0.39 is 10.0 Å². The van der Waals surface area contributed by atoms with E-state index in [4.69, 9.17) is 4.74 Å². The fourth-order valence-electron chi connectivity index (χ4n) is 3.27. The second-order valence-corrected chi connectivity index (χ2v) is 8.18. The normalized spacial score (nSPS) is 16.7. The zero-order valence-corrected chi connectivity index (χ0v) is 15.8. The molecule has 0 radical (unpaired) electrons. The van der Waals surface area contributed by atoms with Gasteiger partial charge < -0.3 is 10.1 Å². The third-order valence-corrected chi connectivity index (χ3v) is 6.42. The Kier molecular flexibility index (Phi) is 4.91. The number of fused-ring (bicyclic) bond motifs is 1. The molecule has 2 aromatic carbocycles. The van der Waals surface area contributed by atoms with Crippen molar-refractivity contribution in [3.8, 4) is 5.75 Å². The predicted octanol–water partition coefficient (Wildman–Crippen LogP) is 3.18. The van der Waals surface area contributed by atoms with Crippen molar-refractivity contribution in [1.29, 1.82) is 0 Å². The highest BCUT2D eigenvalue weighted by atomic mass is 32.2. The van der Waals surface area contributed by atoms with Crippen molar-refractivity contribution in [2.24, 2.45) is 0 Å². The summed E-state index contributed by atoms with van der Waals surface area (Å²) in [4.78, 5) is 11.5. The van der Waals surface area contributed by atoms with E-state index >= 15 is 0 Å². The van der Waals surface area contributed by atoms with Gasteiger partial charge in [-0.2, -0.15) is 0 Å². The van der Waals surface area contributed by atoms with Crippen LogP contribution in [0.2, 0.25) is 0 Å². The van der Waals surface area contributed by atoms with Crippen molar-refractivity contribution in [2.75, 3.05) is 16.7 Å². The lowest BCUT2D eigenvalue weighted by Crippen LogP contribution is -2.42. The minimum Gasteiger partial charge on any atom is -0.495 e. The number of rotatable bonds is 4. The molecule has 1 aliphatic rings. The molecule has 0 saturated carbocycles. The molecule has 1 N–H and O–H groups in total. The van der Waals surface area contributed by atoms with Gasteiger partial charge >= 0.3 is 0 Å². The molecule has 2 aromatic rings. The van der Waals surface area contributed by atoms with Crippen LogP contribution in [0.3, 0.4) is 0 Å². The third-order valence-electron chi connectivity index (χ3n) is 4.50. The topological polar surface area (TPSA) is 75.7 Å². The van der Waals surface area contributed by atoms with Crippen LogP contribution in [0.5, 0.6) is 5.75 Å². The summed E-state index contributed by atoms with van der Waals surface area (Å²) in [6.45, 7) is 3.27. The van der Waals surface area contributed by atoms with Crippen LogP contribution >= 0.6 is 0 Å². The number of para-hydroxylation sites is 1. The van der Waals surface area contributed by atoms with Crippen LogP contribution in [0.25, 0.3) is 0 Å². The van der Waals surface area contributed by atoms with Crippen LogP contribution < -0.4 is 14.4 Å². The van der Waals surface area contributed by atoms with E-state index in [1.807, 2.05) is 31.2 Å². The number of hydrogen-bond acceptors (Lipinski definition) is 4. The molecular formula is C19H22N2O4S. The van der Waals surface area contributed by atoms with Gasteiger partial charge in [-0.05, 0) is 49.6 Å². The number of benzene rings is 2. The van der Waals surface area contributed by atoms with Crippen LogP contribution in [0, 0.1) is 0 Å². The number of aryl methyl sites for hydroxylation is 1. The van der Waals surface area contributed by atoms with Crippen molar-refractivity contribution in [1.82, 2.24) is 0 Å². The van der Waals surface area contributed by atoms with Gasteiger partial charge in [-0.3, -0.25) is 9.10 Å². The highest BCUT2D eigenvalue weighted by Crippen LogP contribution is 2.36. The summed E-state index contributed by atoms with van der Waals surface area (Å²) in [5, 5.41) is 2.62. The minimum absolute atomic E-state index is 0.116. The first-order chi connectivity index (χ1) is 12.3. The van der Waals surface area contributed by atoms with Gasteiger partial charge in [0.05, 0.1) is 23.4 Å². The van der Waals surface area contributed by atoms with Gasteiger partial charge in [0.25, 0.3) is 10.0 Å². The Bertz CT molecular complexity index is 940. The Morgan fingerprint density at radius 2 is 1.96 bits per heavy atom. The Morgan fingerprint density at radius 1 is 1.23 bits per heavy atom. The zero-order chi connectivity index (χ0) is 18.9.